The maximum Gasteiger partial charge on any atom is 0.237 e. The second-order valence-electron chi connectivity index (χ2n) is 7.58. The van der Waals surface area contributed by atoms with Gasteiger partial charge in [-0.15, -0.1) is 10.2 Å². The van der Waals surface area contributed by atoms with Crippen molar-refractivity contribution >= 4 is 23.6 Å². The van der Waals surface area contributed by atoms with E-state index in [9.17, 15) is 10.1 Å². The number of carbonyl (C=O) groups is 1. The van der Waals surface area contributed by atoms with Crippen LogP contribution in [-0.2, 0) is 17.8 Å². The molecule has 4 rings (SSSR count). The molecule has 0 spiro atoms. The molecule has 0 aliphatic rings. The number of nitriles is 1. The summed E-state index contributed by atoms with van der Waals surface area (Å²) in [6.45, 7) is 4.87. The Hall–Kier alpha value is -3.83. The van der Waals surface area contributed by atoms with Crippen LogP contribution in [0.3, 0.4) is 0 Å². The number of hydrogen-bond donors (Lipinski definition) is 1. The van der Waals surface area contributed by atoms with E-state index in [1.54, 1.807) is 0 Å². The number of amides is 1. The number of aromatic nitrogens is 3. The van der Waals surface area contributed by atoms with Crippen LogP contribution in [0, 0.1) is 11.3 Å². The Kier molecular flexibility index (Phi) is 7.45. The predicted octanol–water partition coefficient (Wildman–Crippen LogP) is 5.78. The number of anilines is 1. The average Bonchev–Trinajstić information content (AvgIpc) is 3.44. The molecule has 1 amide bonds. The van der Waals surface area contributed by atoms with Crippen molar-refractivity contribution in [3.63, 3.8) is 0 Å². The molecule has 0 atom stereocenters. The first kappa shape index (κ1) is 23.3. The summed E-state index contributed by atoms with van der Waals surface area (Å²) in [4.78, 5) is 12.8. The van der Waals surface area contributed by atoms with Gasteiger partial charge >= 0.3 is 0 Å². The fraction of sp³-hybridized carbons (Fsp3) is 0.231. The van der Waals surface area contributed by atoms with Crippen LogP contribution in [-0.4, -0.2) is 26.4 Å². The number of benzene rings is 2. The van der Waals surface area contributed by atoms with Crippen LogP contribution in [0.15, 0.2) is 70.2 Å². The summed E-state index contributed by atoms with van der Waals surface area (Å²) in [7, 11) is 0. The van der Waals surface area contributed by atoms with Crippen LogP contribution >= 0.6 is 11.8 Å². The van der Waals surface area contributed by atoms with E-state index in [4.69, 9.17) is 4.42 Å². The number of furan rings is 1. The Bertz CT molecular complexity index is 1310. The zero-order valence-electron chi connectivity index (χ0n) is 19.1. The molecular weight excluding hydrogens is 446 g/mol. The van der Waals surface area contributed by atoms with Gasteiger partial charge < -0.3 is 8.98 Å². The molecule has 7 nitrogen and oxygen atoms in total. The number of rotatable bonds is 9. The largest absolute Gasteiger partial charge is 0.438 e. The van der Waals surface area contributed by atoms with Crippen molar-refractivity contribution in [2.45, 2.75) is 38.4 Å². The molecule has 0 radical (unpaired) electrons. The first-order valence-corrected chi connectivity index (χ1v) is 12.2. The van der Waals surface area contributed by atoms with Crippen LogP contribution < -0.4 is 5.32 Å². The van der Waals surface area contributed by atoms with Crippen molar-refractivity contribution in [1.29, 1.82) is 5.26 Å². The van der Waals surface area contributed by atoms with E-state index in [0.717, 1.165) is 36.3 Å². The summed E-state index contributed by atoms with van der Waals surface area (Å²) in [6, 6.07) is 21.4. The second-order valence-corrected chi connectivity index (χ2v) is 8.53. The Morgan fingerprint density at radius 1 is 1.06 bits per heavy atom. The summed E-state index contributed by atoms with van der Waals surface area (Å²) in [5.74, 6) is 1.45. The third-order valence-corrected chi connectivity index (χ3v) is 6.25. The van der Waals surface area contributed by atoms with Crippen molar-refractivity contribution < 1.29 is 9.21 Å². The van der Waals surface area contributed by atoms with Gasteiger partial charge in [0.15, 0.2) is 5.16 Å². The molecule has 0 unspecified atom stereocenters. The fourth-order valence-corrected chi connectivity index (χ4v) is 4.56. The summed E-state index contributed by atoms with van der Waals surface area (Å²) in [5, 5.41) is 22.0. The molecule has 4 aromatic rings. The lowest BCUT2D eigenvalue weighted by atomic mass is 9.98. The Morgan fingerprint density at radius 2 is 1.74 bits per heavy atom. The van der Waals surface area contributed by atoms with Crippen molar-refractivity contribution in [3.05, 3.63) is 72.1 Å². The lowest BCUT2D eigenvalue weighted by Gasteiger charge is -2.06. The number of carbonyl (C=O) groups excluding carboxylic acids is 1. The third kappa shape index (κ3) is 4.90. The molecule has 34 heavy (non-hydrogen) atoms. The average molecular weight is 472 g/mol. The molecule has 0 fully saturated rings. The first-order valence-electron chi connectivity index (χ1n) is 11.2. The Morgan fingerprint density at radius 3 is 2.35 bits per heavy atom. The van der Waals surface area contributed by atoms with Crippen LogP contribution in [0.4, 0.5) is 5.88 Å². The fourth-order valence-electron chi connectivity index (χ4n) is 3.74. The van der Waals surface area contributed by atoms with Crippen molar-refractivity contribution in [2.75, 3.05) is 11.1 Å². The van der Waals surface area contributed by atoms with Crippen LogP contribution in [0.2, 0.25) is 0 Å². The molecule has 2 aromatic heterocycles. The summed E-state index contributed by atoms with van der Waals surface area (Å²) < 4.78 is 8.11. The van der Waals surface area contributed by atoms with E-state index in [2.05, 4.69) is 28.5 Å². The number of nitrogens with one attached hydrogen (secondary N) is 1. The molecule has 0 bridgehead atoms. The maximum atomic E-state index is 12.8. The topological polar surface area (TPSA) is 96.7 Å². The molecular formula is C26H25N5O2S. The summed E-state index contributed by atoms with van der Waals surface area (Å²) in [6.07, 6.45) is 1.82. The monoisotopic (exact) mass is 471 g/mol. The molecule has 0 saturated heterocycles. The molecule has 0 aliphatic carbocycles. The highest BCUT2D eigenvalue weighted by atomic mass is 32.2. The minimum Gasteiger partial charge on any atom is -0.438 e. The third-order valence-electron chi connectivity index (χ3n) is 5.29. The minimum absolute atomic E-state index is 0.122. The van der Waals surface area contributed by atoms with Gasteiger partial charge in [0.25, 0.3) is 0 Å². The van der Waals surface area contributed by atoms with Gasteiger partial charge in [0, 0.05) is 24.1 Å². The highest BCUT2D eigenvalue weighted by Gasteiger charge is 2.24. The SMILES string of the molecule is CCCc1nnc(SCC(=O)Nc2oc(-c3ccccc3)c(-c3ccccc3)c2C#N)n1CC. The maximum absolute atomic E-state index is 12.8. The molecule has 172 valence electrons. The van der Waals surface area contributed by atoms with Crippen LogP contribution in [0.5, 0.6) is 0 Å². The molecule has 2 aromatic carbocycles. The van der Waals surface area contributed by atoms with Gasteiger partial charge in [0.1, 0.15) is 23.2 Å². The number of thioether (sulfide) groups is 1. The highest BCUT2D eigenvalue weighted by Crippen LogP contribution is 2.41. The number of nitrogens with zero attached hydrogens (tertiary/aromatic N) is 4. The van der Waals surface area contributed by atoms with E-state index in [-0.39, 0.29) is 17.5 Å². The predicted molar refractivity (Wildman–Crippen MR) is 133 cm³/mol. The minimum atomic E-state index is -0.280. The Labute approximate surface area is 202 Å². The first-order chi connectivity index (χ1) is 16.7. The van der Waals surface area contributed by atoms with E-state index >= 15 is 0 Å². The zero-order valence-corrected chi connectivity index (χ0v) is 19.9. The summed E-state index contributed by atoms with van der Waals surface area (Å²) >= 11 is 1.32. The molecule has 2 heterocycles. The normalized spacial score (nSPS) is 10.7. The molecule has 8 heteroatoms. The summed E-state index contributed by atoms with van der Waals surface area (Å²) in [5.41, 5.74) is 2.63. The van der Waals surface area contributed by atoms with Gasteiger partial charge in [0.2, 0.25) is 11.8 Å². The zero-order chi connectivity index (χ0) is 23.9. The quantitative estimate of drug-likeness (QED) is 0.311. The van der Waals surface area contributed by atoms with Crippen molar-refractivity contribution in [2.24, 2.45) is 0 Å². The molecule has 0 aliphatic heterocycles. The van der Waals surface area contributed by atoms with Gasteiger partial charge in [-0.2, -0.15) is 5.26 Å². The van der Waals surface area contributed by atoms with Crippen LogP contribution in [0.25, 0.3) is 22.5 Å². The van der Waals surface area contributed by atoms with Gasteiger partial charge in [0.05, 0.1) is 5.75 Å². The molecule has 0 saturated carbocycles. The highest BCUT2D eigenvalue weighted by molar-refractivity contribution is 7.99. The Balaban J connectivity index is 1.61. The van der Waals surface area contributed by atoms with E-state index in [0.29, 0.717) is 22.0 Å². The lowest BCUT2D eigenvalue weighted by Crippen LogP contribution is -2.15. The van der Waals surface area contributed by atoms with E-state index < -0.39 is 0 Å². The van der Waals surface area contributed by atoms with Crippen molar-refractivity contribution in [3.8, 4) is 28.5 Å². The smallest absolute Gasteiger partial charge is 0.237 e. The lowest BCUT2D eigenvalue weighted by molar-refractivity contribution is -0.113. The standard InChI is InChI=1S/C26H25N5O2S/c1-3-11-21-29-30-26(31(21)4-2)34-17-22(32)28-25-20(16-27)23(18-12-7-5-8-13-18)24(33-25)19-14-9-6-10-15-19/h5-10,12-15H,3-4,11,17H2,1-2H3,(H,28,32). The number of hydrogen-bond acceptors (Lipinski definition) is 6. The van der Waals surface area contributed by atoms with Crippen LogP contribution in [0.1, 0.15) is 31.7 Å². The molecule has 1 N–H and O–H groups in total. The van der Waals surface area contributed by atoms with Gasteiger partial charge in [-0.1, -0.05) is 79.3 Å². The van der Waals surface area contributed by atoms with Crippen molar-refractivity contribution in [1.82, 2.24) is 14.8 Å². The number of aryl methyl sites for hydroxylation is 1. The van der Waals surface area contributed by atoms with E-state index in [1.807, 2.05) is 72.2 Å². The van der Waals surface area contributed by atoms with E-state index in [1.165, 1.54) is 11.8 Å². The van der Waals surface area contributed by atoms with Gasteiger partial charge in [-0.25, -0.2) is 0 Å². The van der Waals surface area contributed by atoms with Gasteiger partial charge in [-0.3, -0.25) is 10.1 Å². The second kappa shape index (κ2) is 10.9. The van der Waals surface area contributed by atoms with Gasteiger partial charge in [-0.05, 0) is 18.9 Å².